The van der Waals surface area contributed by atoms with Crippen LogP contribution in [0.15, 0.2) is 28.7 Å². The number of nitrogens with two attached hydrogens (primary N) is 1. The van der Waals surface area contributed by atoms with Crippen LogP contribution in [0.4, 0.5) is 5.69 Å². The van der Waals surface area contributed by atoms with E-state index in [2.05, 4.69) is 21.2 Å². The van der Waals surface area contributed by atoms with Gasteiger partial charge in [0.05, 0.1) is 5.75 Å². The number of carbonyl (C=O) groups is 1. The van der Waals surface area contributed by atoms with Gasteiger partial charge < -0.3 is 11.1 Å². The number of anilines is 1. The Balaban J connectivity index is 2.60. The van der Waals surface area contributed by atoms with E-state index >= 15 is 0 Å². The molecule has 1 aromatic rings. The number of hydrogen-bond acceptors (Lipinski definition) is 4. The quantitative estimate of drug-likeness (QED) is 0.812. The zero-order chi connectivity index (χ0) is 14.5. The third-order valence-electron chi connectivity index (χ3n) is 2.40. The van der Waals surface area contributed by atoms with Crippen molar-refractivity contribution in [2.24, 2.45) is 11.7 Å². The largest absolute Gasteiger partial charge is 0.330 e. The van der Waals surface area contributed by atoms with Crippen molar-refractivity contribution in [3.05, 3.63) is 28.7 Å². The van der Waals surface area contributed by atoms with E-state index in [9.17, 15) is 13.2 Å². The maximum absolute atomic E-state index is 11.7. The second-order valence-electron chi connectivity index (χ2n) is 4.45. The molecule has 1 amide bonds. The third-order valence-corrected chi connectivity index (χ3v) is 4.67. The first-order chi connectivity index (χ1) is 8.82. The maximum Gasteiger partial charge on any atom is 0.239 e. The summed E-state index contributed by atoms with van der Waals surface area (Å²) in [5.41, 5.74) is 5.94. The molecule has 7 heteroatoms. The second-order valence-corrected chi connectivity index (χ2v) is 7.48. The Hall–Kier alpha value is -0.920. The lowest BCUT2D eigenvalue weighted by Crippen LogP contribution is -2.29. The van der Waals surface area contributed by atoms with Gasteiger partial charge in [-0.3, -0.25) is 4.79 Å². The molecule has 0 aliphatic heterocycles. The van der Waals surface area contributed by atoms with Gasteiger partial charge in [-0.2, -0.15) is 0 Å². The Kier molecular flexibility index (Phi) is 5.96. The lowest BCUT2D eigenvalue weighted by Gasteiger charge is -2.10. The topological polar surface area (TPSA) is 89.3 Å². The molecule has 0 saturated heterocycles. The summed E-state index contributed by atoms with van der Waals surface area (Å²) in [6.07, 6.45) is 0. The highest BCUT2D eigenvalue weighted by Crippen LogP contribution is 2.15. The lowest BCUT2D eigenvalue weighted by molar-refractivity contribution is -0.113. The van der Waals surface area contributed by atoms with Crippen LogP contribution in [-0.4, -0.2) is 32.4 Å². The van der Waals surface area contributed by atoms with Crippen LogP contribution in [0.3, 0.4) is 0 Å². The Morgan fingerprint density at radius 1 is 1.47 bits per heavy atom. The molecule has 0 radical (unpaired) electrons. The molecule has 0 aromatic heterocycles. The Bertz CT molecular complexity index is 546. The van der Waals surface area contributed by atoms with Crippen LogP contribution in [0.25, 0.3) is 0 Å². The monoisotopic (exact) mass is 348 g/mol. The summed E-state index contributed by atoms with van der Waals surface area (Å²) in [4.78, 5) is 11.7. The minimum absolute atomic E-state index is 0.0740. The van der Waals surface area contributed by atoms with Crippen molar-refractivity contribution in [1.82, 2.24) is 0 Å². The molecule has 0 fully saturated rings. The Labute approximate surface area is 121 Å². The molecule has 1 rings (SSSR count). The number of hydrogen-bond donors (Lipinski definition) is 2. The van der Waals surface area contributed by atoms with E-state index in [-0.39, 0.29) is 18.2 Å². The van der Waals surface area contributed by atoms with Gasteiger partial charge in [0.2, 0.25) is 5.91 Å². The first kappa shape index (κ1) is 16.1. The van der Waals surface area contributed by atoms with Crippen molar-refractivity contribution < 1.29 is 13.2 Å². The van der Waals surface area contributed by atoms with Crippen molar-refractivity contribution >= 4 is 37.4 Å². The van der Waals surface area contributed by atoms with Gasteiger partial charge in [0.25, 0.3) is 0 Å². The predicted molar refractivity (Wildman–Crippen MR) is 79.6 cm³/mol. The summed E-state index contributed by atoms with van der Waals surface area (Å²) in [5.74, 6) is -1.29. The first-order valence-corrected chi connectivity index (χ1v) is 8.40. The molecule has 1 atom stereocenters. The van der Waals surface area contributed by atoms with Crippen molar-refractivity contribution in [3.8, 4) is 0 Å². The molecule has 0 saturated carbocycles. The maximum atomic E-state index is 11.7. The summed E-state index contributed by atoms with van der Waals surface area (Å²) in [7, 11) is -3.43. The molecular formula is C12H17BrN2O3S. The SMILES string of the molecule is CC(CN)CS(=O)(=O)CC(=O)Nc1cccc(Br)c1. The lowest BCUT2D eigenvalue weighted by atomic mass is 10.2. The first-order valence-electron chi connectivity index (χ1n) is 5.78. The van der Waals surface area contributed by atoms with E-state index in [1.807, 2.05) is 6.07 Å². The molecule has 106 valence electrons. The van der Waals surface area contributed by atoms with E-state index in [0.29, 0.717) is 5.69 Å². The van der Waals surface area contributed by atoms with E-state index in [4.69, 9.17) is 5.73 Å². The number of benzene rings is 1. The minimum atomic E-state index is -3.43. The highest BCUT2D eigenvalue weighted by atomic mass is 79.9. The van der Waals surface area contributed by atoms with Gasteiger partial charge in [-0.25, -0.2) is 8.42 Å². The van der Waals surface area contributed by atoms with Crippen LogP contribution in [0.1, 0.15) is 6.92 Å². The van der Waals surface area contributed by atoms with Gasteiger partial charge in [0.1, 0.15) is 5.75 Å². The summed E-state index contributed by atoms with van der Waals surface area (Å²) in [5, 5.41) is 2.55. The van der Waals surface area contributed by atoms with Crippen molar-refractivity contribution in [2.75, 3.05) is 23.4 Å². The number of nitrogens with one attached hydrogen (secondary N) is 1. The molecule has 0 bridgehead atoms. The van der Waals surface area contributed by atoms with Gasteiger partial charge >= 0.3 is 0 Å². The normalized spacial score (nSPS) is 13.0. The predicted octanol–water partition coefficient (Wildman–Crippen LogP) is 1.40. The van der Waals surface area contributed by atoms with Gasteiger partial charge in [-0.05, 0) is 30.7 Å². The third kappa shape index (κ3) is 6.17. The number of halogens is 1. The molecule has 0 spiro atoms. The van der Waals surface area contributed by atoms with Crippen LogP contribution in [0.5, 0.6) is 0 Å². The summed E-state index contributed by atoms with van der Waals surface area (Å²) in [6.45, 7) is 2.02. The molecule has 0 heterocycles. The average Bonchev–Trinajstić information content (AvgIpc) is 2.26. The fourth-order valence-corrected chi connectivity index (χ4v) is 3.52. The molecule has 0 aliphatic carbocycles. The minimum Gasteiger partial charge on any atom is -0.330 e. The van der Waals surface area contributed by atoms with Crippen LogP contribution >= 0.6 is 15.9 Å². The standard InChI is InChI=1S/C12H17BrN2O3S/c1-9(6-14)7-19(17,18)8-12(16)15-11-4-2-3-10(13)5-11/h2-5,9H,6-8,14H2,1H3,(H,15,16). The van der Waals surface area contributed by atoms with Crippen molar-refractivity contribution in [2.45, 2.75) is 6.92 Å². The molecule has 3 N–H and O–H groups in total. The molecular weight excluding hydrogens is 332 g/mol. The zero-order valence-corrected chi connectivity index (χ0v) is 13.0. The van der Waals surface area contributed by atoms with E-state index in [1.54, 1.807) is 25.1 Å². The summed E-state index contributed by atoms with van der Waals surface area (Å²) >= 11 is 3.27. The van der Waals surface area contributed by atoms with E-state index in [1.165, 1.54) is 0 Å². The van der Waals surface area contributed by atoms with Gasteiger partial charge in [-0.15, -0.1) is 0 Å². The van der Waals surface area contributed by atoms with E-state index < -0.39 is 21.5 Å². The van der Waals surface area contributed by atoms with Gasteiger partial charge in [0, 0.05) is 10.2 Å². The average molecular weight is 349 g/mol. The summed E-state index contributed by atoms with van der Waals surface area (Å²) < 4.78 is 24.3. The highest BCUT2D eigenvalue weighted by Gasteiger charge is 2.19. The molecule has 0 aliphatic rings. The fourth-order valence-electron chi connectivity index (χ4n) is 1.52. The van der Waals surface area contributed by atoms with Crippen molar-refractivity contribution in [1.29, 1.82) is 0 Å². The zero-order valence-electron chi connectivity index (χ0n) is 10.6. The van der Waals surface area contributed by atoms with Crippen LogP contribution < -0.4 is 11.1 Å². The number of carbonyl (C=O) groups excluding carboxylic acids is 1. The molecule has 5 nitrogen and oxygen atoms in total. The van der Waals surface area contributed by atoms with Crippen LogP contribution in [-0.2, 0) is 14.6 Å². The molecule has 19 heavy (non-hydrogen) atoms. The smallest absolute Gasteiger partial charge is 0.239 e. The number of sulfone groups is 1. The summed E-state index contributed by atoms with van der Waals surface area (Å²) in [6, 6.07) is 6.96. The van der Waals surface area contributed by atoms with Gasteiger partial charge in [-0.1, -0.05) is 28.9 Å². The number of amides is 1. The highest BCUT2D eigenvalue weighted by molar-refractivity contribution is 9.10. The molecule has 1 unspecified atom stereocenters. The van der Waals surface area contributed by atoms with Gasteiger partial charge in [0.15, 0.2) is 9.84 Å². The number of rotatable bonds is 6. The molecule has 1 aromatic carbocycles. The second kappa shape index (κ2) is 7.02. The van der Waals surface area contributed by atoms with Crippen molar-refractivity contribution in [3.63, 3.8) is 0 Å². The Morgan fingerprint density at radius 3 is 2.74 bits per heavy atom. The van der Waals surface area contributed by atoms with E-state index in [0.717, 1.165) is 4.47 Å². The van der Waals surface area contributed by atoms with Crippen LogP contribution in [0, 0.1) is 5.92 Å². The fraction of sp³-hybridized carbons (Fsp3) is 0.417. The Morgan fingerprint density at radius 2 is 2.16 bits per heavy atom. The van der Waals surface area contributed by atoms with Crippen LogP contribution in [0.2, 0.25) is 0 Å².